The third-order valence-electron chi connectivity index (χ3n) is 3.99. The van der Waals surface area contributed by atoms with Crippen LogP contribution in [0.3, 0.4) is 0 Å². The number of carbonyl (C=O) groups is 2. The Morgan fingerprint density at radius 1 is 1.36 bits per heavy atom. The van der Waals surface area contributed by atoms with Crippen molar-refractivity contribution in [2.75, 3.05) is 6.54 Å². The van der Waals surface area contributed by atoms with E-state index in [0.717, 1.165) is 17.7 Å². The number of aryl methyl sites for hydroxylation is 1. The molecule has 1 aromatic carbocycles. The van der Waals surface area contributed by atoms with Crippen LogP contribution in [0.25, 0.3) is 0 Å². The Labute approximate surface area is 128 Å². The minimum Gasteiger partial charge on any atom is -0.478 e. The number of amides is 1. The van der Waals surface area contributed by atoms with Crippen LogP contribution in [0.5, 0.6) is 0 Å². The standard InChI is InChI=1S/C16H17N3O3/c1-2-19-10-12(8-17-19)15(20)18-7-6-13-11(9-18)4-3-5-14(13)16(21)22/h3-5,8,10H,2,6-7,9H2,1H3,(H,21,22). The average Bonchev–Trinajstić information content (AvgIpc) is 3.02. The molecule has 1 aliphatic rings. The van der Waals surface area contributed by atoms with E-state index in [4.69, 9.17) is 0 Å². The highest BCUT2D eigenvalue weighted by Crippen LogP contribution is 2.23. The predicted molar refractivity (Wildman–Crippen MR) is 79.7 cm³/mol. The zero-order valence-electron chi connectivity index (χ0n) is 12.3. The van der Waals surface area contributed by atoms with Crippen LogP contribution in [-0.4, -0.2) is 38.2 Å². The van der Waals surface area contributed by atoms with Gasteiger partial charge in [0.25, 0.3) is 5.91 Å². The quantitative estimate of drug-likeness (QED) is 0.937. The van der Waals surface area contributed by atoms with Crippen LogP contribution in [0.4, 0.5) is 0 Å². The monoisotopic (exact) mass is 299 g/mol. The fourth-order valence-corrected chi connectivity index (χ4v) is 2.81. The van der Waals surface area contributed by atoms with Crippen molar-refractivity contribution in [3.8, 4) is 0 Å². The maximum atomic E-state index is 12.5. The molecule has 0 spiro atoms. The van der Waals surface area contributed by atoms with Crippen LogP contribution in [-0.2, 0) is 19.5 Å². The van der Waals surface area contributed by atoms with Crippen molar-refractivity contribution in [1.29, 1.82) is 0 Å². The van der Waals surface area contributed by atoms with Gasteiger partial charge in [-0.05, 0) is 30.5 Å². The van der Waals surface area contributed by atoms with Gasteiger partial charge >= 0.3 is 5.97 Å². The molecule has 1 aliphatic heterocycles. The molecule has 1 amide bonds. The number of carbonyl (C=O) groups excluding carboxylic acids is 1. The number of aromatic nitrogens is 2. The van der Waals surface area contributed by atoms with Crippen molar-refractivity contribution < 1.29 is 14.7 Å². The van der Waals surface area contributed by atoms with Crippen molar-refractivity contribution in [2.24, 2.45) is 0 Å². The molecular formula is C16H17N3O3. The van der Waals surface area contributed by atoms with Crippen LogP contribution >= 0.6 is 0 Å². The predicted octanol–water partition coefficient (Wildman–Crippen LogP) is 1.80. The Bertz CT molecular complexity index is 736. The highest BCUT2D eigenvalue weighted by Gasteiger charge is 2.25. The Morgan fingerprint density at radius 3 is 2.86 bits per heavy atom. The molecule has 0 radical (unpaired) electrons. The van der Waals surface area contributed by atoms with Crippen molar-refractivity contribution in [1.82, 2.24) is 14.7 Å². The smallest absolute Gasteiger partial charge is 0.335 e. The van der Waals surface area contributed by atoms with Crippen LogP contribution in [0.15, 0.2) is 30.6 Å². The van der Waals surface area contributed by atoms with E-state index in [2.05, 4.69) is 5.10 Å². The van der Waals surface area contributed by atoms with Crippen molar-refractivity contribution in [3.63, 3.8) is 0 Å². The molecule has 114 valence electrons. The van der Waals surface area contributed by atoms with E-state index in [1.165, 1.54) is 0 Å². The second-order valence-corrected chi connectivity index (χ2v) is 5.31. The van der Waals surface area contributed by atoms with Gasteiger partial charge in [0.05, 0.1) is 17.3 Å². The summed E-state index contributed by atoms with van der Waals surface area (Å²) in [6, 6.07) is 5.23. The summed E-state index contributed by atoms with van der Waals surface area (Å²) in [6.07, 6.45) is 3.88. The van der Waals surface area contributed by atoms with E-state index >= 15 is 0 Å². The van der Waals surface area contributed by atoms with Gasteiger partial charge in [-0.25, -0.2) is 4.79 Å². The van der Waals surface area contributed by atoms with E-state index in [1.807, 2.05) is 13.0 Å². The number of carboxylic acid groups (broad SMARTS) is 1. The molecule has 0 unspecified atom stereocenters. The number of rotatable bonds is 3. The number of fused-ring (bicyclic) bond motifs is 1. The summed E-state index contributed by atoms with van der Waals surface area (Å²) in [5.41, 5.74) is 2.65. The molecule has 0 atom stereocenters. The second-order valence-electron chi connectivity index (χ2n) is 5.31. The van der Waals surface area contributed by atoms with E-state index in [0.29, 0.717) is 30.6 Å². The number of benzene rings is 1. The van der Waals surface area contributed by atoms with Crippen LogP contribution < -0.4 is 0 Å². The fraction of sp³-hybridized carbons (Fsp3) is 0.312. The third-order valence-corrected chi connectivity index (χ3v) is 3.99. The summed E-state index contributed by atoms with van der Waals surface area (Å²) in [5, 5.41) is 13.4. The van der Waals surface area contributed by atoms with Crippen molar-refractivity contribution >= 4 is 11.9 Å². The lowest BCUT2D eigenvalue weighted by molar-refractivity contribution is 0.0694. The molecule has 0 saturated carbocycles. The van der Waals surface area contributed by atoms with Gasteiger partial charge in [0, 0.05) is 25.8 Å². The van der Waals surface area contributed by atoms with E-state index < -0.39 is 5.97 Å². The lowest BCUT2D eigenvalue weighted by atomic mass is 9.94. The summed E-state index contributed by atoms with van der Waals surface area (Å²) < 4.78 is 1.72. The number of aromatic carboxylic acids is 1. The van der Waals surface area contributed by atoms with Crippen molar-refractivity contribution in [3.05, 3.63) is 52.8 Å². The van der Waals surface area contributed by atoms with Crippen LogP contribution in [0.2, 0.25) is 0 Å². The SMILES string of the molecule is CCn1cc(C(=O)N2CCc3c(cccc3C(=O)O)C2)cn1. The minimum atomic E-state index is -0.916. The number of nitrogens with zero attached hydrogens (tertiary/aromatic N) is 3. The van der Waals surface area contributed by atoms with Gasteiger partial charge < -0.3 is 10.0 Å². The van der Waals surface area contributed by atoms with Crippen LogP contribution in [0.1, 0.15) is 38.8 Å². The number of hydrogen-bond donors (Lipinski definition) is 1. The van der Waals surface area contributed by atoms with E-state index in [-0.39, 0.29) is 5.91 Å². The molecule has 0 saturated heterocycles. The lowest BCUT2D eigenvalue weighted by Gasteiger charge is -2.29. The van der Waals surface area contributed by atoms with Gasteiger partial charge in [-0.3, -0.25) is 9.48 Å². The Morgan fingerprint density at radius 2 is 2.18 bits per heavy atom. The summed E-state index contributed by atoms with van der Waals surface area (Å²) >= 11 is 0. The summed E-state index contributed by atoms with van der Waals surface area (Å²) in [6.45, 7) is 3.64. The third kappa shape index (κ3) is 2.47. The largest absolute Gasteiger partial charge is 0.478 e. The first-order valence-electron chi connectivity index (χ1n) is 7.26. The van der Waals surface area contributed by atoms with Gasteiger partial charge in [0.15, 0.2) is 0 Å². The summed E-state index contributed by atoms with van der Waals surface area (Å²) in [4.78, 5) is 25.5. The molecule has 2 aromatic rings. The molecule has 0 bridgehead atoms. The van der Waals surface area contributed by atoms with Crippen molar-refractivity contribution in [2.45, 2.75) is 26.4 Å². The summed E-state index contributed by atoms with van der Waals surface area (Å²) in [7, 11) is 0. The topological polar surface area (TPSA) is 75.4 Å². The highest BCUT2D eigenvalue weighted by molar-refractivity contribution is 5.94. The Hall–Kier alpha value is -2.63. The Kier molecular flexibility index (Phi) is 3.66. The van der Waals surface area contributed by atoms with Gasteiger partial charge in [0.2, 0.25) is 0 Å². The molecule has 6 nitrogen and oxygen atoms in total. The zero-order valence-corrected chi connectivity index (χ0v) is 12.3. The van der Waals surface area contributed by atoms with Gasteiger partial charge in [-0.15, -0.1) is 0 Å². The molecule has 22 heavy (non-hydrogen) atoms. The Balaban J connectivity index is 1.84. The normalized spacial score (nSPS) is 13.8. The maximum absolute atomic E-state index is 12.5. The first-order valence-corrected chi connectivity index (χ1v) is 7.26. The molecule has 1 aromatic heterocycles. The first-order chi connectivity index (χ1) is 10.6. The number of carboxylic acids is 1. The highest BCUT2D eigenvalue weighted by atomic mass is 16.4. The molecule has 6 heteroatoms. The van der Waals surface area contributed by atoms with E-state index in [9.17, 15) is 14.7 Å². The molecular weight excluding hydrogens is 282 g/mol. The molecule has 0 fully saturated rings. The minimum absolute atomic E-state index is 0.0638. The lowest BCUT2D eigenvalue weighted by Crippen LogP contribution is -2.36. The van der Waals surface area contributed by atoms with Crippen LogP contribution in [0, 0.1) is 0 Å². The number of hydrogen-bond acceptors (Lipinski definition) is 3. The molecule has 3 rings (SSSR count). The van der Waals surface area contributed by atoms with Gasteiger partial charge in [0.1, 0.15) is 0 Å². The summed E-state index contributed by atoms with van der Waals surface area (Å²) in [5.74, 6) is -0.980. The maximum Gasteiger partial charge on any atom is 0.335 e. The first kappa shape index (κ1) is 14.3. The fourth-order valence-electron chi connectivity index (χ4n) is 2.81. The van der Waals surface area contributed by atoms with E-state index in [1.54, 1.807) is 34.1 Å². The van der Waals surface area contributed by atoms with Gasteiger partial charge in [-0.2, -0.15) is 5.10 Å². The molecule has 2 heterocycles. The molecule has 1 N–H and O–H groups in total. The van der Waals surface area contributed by atoms with Gasteiger partial charge in [-0.1, -0.05) is 12.1 Å². The average molecular weight is 299 g/mol. The second kappa shape index (κ2) is 5.63. The zero-order chi connectivity index (χ0) is 15.7. The molecule has 0 aliphatic carbocycles.